The summed E-state index contributed by atoms with van der Waals surface area (Å²) >= 11 is 0. The lowest BCUT2D eigenvalue weighted by molar-refractivity contribution is -0.167. The summed E-state index contributed by atoms with van der Waals surface area (Å²) in [6.45, 7) is 9.00. The zero-order chi connectivity index (χ0) is 42.4. The number of hydrogen-bond acceptors (Lipinski definition) is 6. The van der Waals surface area contributed by atoms with Crippen LogP contribution < -0.4 is 0 Å². The summed E-state index contributed by atoms with van der Waals surface area (Å²) in [5, 5.41) is 0. The summed E-state index contributed by atoms with van der Waals surface area (Å²) in [4.78, 5) is 37.8. The average Bonchev–Trinajstić information content (AvgIpc) is 3.21. The molecule has 6 heteroatoms. The van der Waals surface area contributed by atoms with Crippen LogP contribution in [-0.2, 0) is 28.6 Å². The Morgan fingerprint density at radius 2 is 0.569 bits per heavy atom. The fraction of sp³-hybridized carbons (Fsp3) is 0.942. The Bertz CT molecular complexity index is 872. The molecule has 0 spiro atoms. The van der Waals surface area contributed by atoms with Gasteiger partial charge in [-0.15, -0.1) is 0 Å². The highest BCUT2D eigenvalue weighted by Crippen LogP contribution is 2.17. The van der Waals surface area contributed by atoms with Crippen molar-refractivity contribution in [2.45, 2.75) is 297 Å². The SMILES string of the molecule is CCCCCCCCCCCCCCCCCCCC(=O)O[C@@H](COC(=O)CCCCCCCCC)COC(=O)CCCCCCCCCCCCCCCC(C)C. The van der Waals surface area contributed by atoms with E-state index in [1.54, 1.807) is 0 Å². The Hall–Kier alpha value is -1.59. The minimum atomic E-state index is -0.759. The van der Waals surface area contributed by atoms with Crippen LogP contribution >= 0.6 is 0 Å². The summed E-state index contributed by atoms with van der Waals surface area (Å²) in [5.41, 5.74) is 0. The van der Waals surface area contributed by atoms with Crippen molar-refractivity contribution >= 4 is 17.9 Å². The van der Waals surface area contributed by atoms with Crippen LogP contribution in [0, 0.1) is 5.92 Å². The largest absolute Gasteiger partial charge is 0.462 e. The maximum absolute atomic E-state index is 12.8. The van der Waals surface area contributed by atoms with Gasteiger partial charge in [0.05, 0.1) is 0 Å². The molecular weight excluding hydrogens is 721 g/mol. The second-order valence-corrected chi connectivity index (χ2v) is 18.3. The molecule has 0 fully saturated rings. The first-order valence-electron chi connectivity index (χ1n) is 25.9. The second-order valence-electron chi connectivity index (χ2n) is 18.3. The highest BCUT2D eigenvalue weighted by Gasteiger charge is 2.19. The molecule has 0 saturated carbocycles. The molecule has 0 aliphatic rings. The first-order valence-corrected chi connectivity index (χ1v) is 25.9. The van der Waals surface area contributed by atoms with Crippen molar-refractivity contribution < 1.29 is 28.6 Å². The first-order chi connectivity index (χ1) is 28.4. The first kappa shape index (κ1) is 56.4. The Labute approximate surface area is 361 Å². The molecule has 0 heterocycles. The molecule has 58 heavy (non-hydrogen) atoms. The van der Waals surface area contributed by atoms with Gasteiger partial charge in [0.15, 0.2) is 6.10 Å². The number of carbonyl (C=O) groups is 3. The van der Waals surface area contributed by atoms with Gasteiger partial charge in [0.2, 0.25) is 0 Å². The second kappa shape index (κ2) is 46.5. The molecule has 0 aliphatic heterocycles. The zero-order valence-corrected chi connectivity index (χ0v) is 39.5. The van der Waals surface area contributed by atoms with E-state index < -0.39 is 6.10 Å². The zero-order valence-electron chi connectivity index (χ0n) is 39.5. The van der Waals surface area contributed by atoms with Crippen LogP contribution in [0.15, 0.2) is 0 Å². The smallest absolute Gasteiger partial charge is 0.306 e. The van der Waals surface area contributed by atoms with Gasteiger partial charge < -0.3 is 14.2 Å². The van der Waals surface area contributed by atoms with E-state index in [0.29, 0.717) is 19.3 Å². The third-order valence-corrected chi connectivity index (χ3v) is 11.8. The van der Waals surface area contributed by atoms with Gasteiger partial charge in [0.25, 0.3) is 0 Å². The average molecular weight is 821 g/mol. The van der Waals surface area contributed by atoms with Crippen molar-refractivity contribution in [2.75, 3.05) is 13.2 Å². The molecule has 0 aromatic rings. The molecule has 0 bridgehead atoms. The van der Waals surface area contributed by atoms with E-state index in [0.717, 1.165) is 63.7 Å². The van der Waals surface area contributed by atoms with Crippen molar-refractivity contribution in [1.29, 1.82) is 0 Å². The topological polar surface area (TPSA) is 78.9 Å². The molecule has 0 radical (unpaired) electrons. The van der Waals surface area contributed by atoms with E-state index in [1.807, 2.05) is 0 Å². The number of rotatable bonds is 47. The van der Waals surface area contributed by atoms with Crippen LogP contribution in [0.5, 0.6) is 0 Å². The van der Waals surface area contributed by atoms with Crippen molar-refractivity contribution in [3.8, 4) is 0 Å². The molecule has 0 unspecified atom stereocenters. The molecular formula is C52H100O6. The molecule has 344 valence electrons. The normalized spacial score (nSPS) is 11.9. The number of unbranched alkanes of at least 4 members (excludes halogenated alkanes) is 34. The van der Waals surface area contributed by atoms with Crippen LogP contribution in [0.3, 0.4) is 0 Å². The predicted molar refractivity (Wildman–Crippen MR) is 247 cm³/mol. The Morgan fingerprint density at radius 3 is 0.845 bits per heavy atom. The van der Waals surface area contributed by atoms with Crippen LogP contribution in [0.25, 0.3) is 0 Å². The highest BCUT2D eigenvalue weighted by molar-refractivity contribution is 5.71. The Kier molecular flexibility index (Phi) is 45.2. The van der Waals surface area contributed by atoms with E-state index >= 15 is 0 Å². The molecule has 0 saturated heterocycles. The number of hydrogen-bond donors (Lipinski definition) is 0. The molecule has 1 atom stereocenters. The lowest BCUT2D eigenvalue weighted by Crippen LogP contribution is -2.30. The summed E-state index contributed by atoms with van der Waals surface area (Å²) < 4.78 is 16.7. The van der Waals surface area contributed by atoms with Crippen molar-refractivity contribution in [1.82, 2.24) is 0 Å². The van der Waals surface area contributed by atoms with Gasteiger partial charge in [-0.3, -0.25) is 14.4 Å². The minimum Gasteiger partial charge on any atom is -0.462 e. The maximum Gasteiger partial charge on any atom is 0.306 e. The van der Waals surface area contributed by atoms with E-state index in [9.17, 15) is 14.4 Å². The maximum atomic E-state index is 12.8. The third-order valence-electron chi connectivity index (χ3n) is 11.8. The summed E-state index contributed by atoms with van der Waals surface area (Å²) in [7, 11) is 0. The minimum absolute atomic E-state index is 0.0632. The van der Waals surface area contributed by atoms with E-state index in [-0.39, 0.29) is 31.1 Å². The van der Waals surface area contributed by atoms with Gasteiger partial charge in [-0.2, -0.15) is 0 Å². The monoisotopic (exact) mass is 821 g/mol. The van der Waals surface area contributed by atoms with Crippen LogP contribution in [0.2, 0.25) is 0 Å². The highest BCUT2D eigenvalue weighted by atomic mass is 16.6. The fourth-order valence-corrected chi connectivity index (χ4v) is 7.86. The van der Waals surface area contributed by atoms with Gasteiger partial charge in [0.1, 0.15) is 13.2 Å². The number of esters is 3. The summed E-state index contributed by atoms with van der Waals surface area (Å²) in [6.07, 6.45) is 48.2. The van der Waals surface area contributed by atoms with Crippen molar-refractivity contribution in [3.63, 3.8) is 0 Å². The predicted octanol–water partition coefficient (Wildman–Crippen LogP) is 16.7. The molecule has 0 amide bonds. The summed E-state index contributed by atoms with van der Waals surface area (Å²) in [6, 6.07) is 0. The molecule has 0 rings (SSSR count). The van der Waals surface area contributed by atoms with Crippen LogP contribution in [-0.4, -0.2) is 37.2 Å². The van der Waals surface area contributed by atoms with Gasteiger partial charge in [-0.05, 0) is 25.2 Å². The fourth-order valence-electron chi connectivity index (χ4n) is 7.86. The van der Waals surface area contributed by atoms with E-state index in [1.165, 1.54) is 186 Å². The number of ether oxygens (including phenoxy) is 3. The van der Waals surface area contributed by atoms with E-state index in [4.69, 9.17) is 14.2 Å². The van der Waals surface area contributed by atoms with Crippen LogP contribution in [0.4, 0.5) is 0 Å². The Balaban J connectivity index is 4.19. The lowest BCUT2D eigenvalue weighted by atomic mass is 10.0. The number of carbonyl (C=O) groups excluding carboxylic acids is 3. The van der Waals surface area contributed by atoms with Gasteiger partial charge in [-0.25, -0.2) is 0 Å². The quantitative estimate of drug-likeness (QED) is 0.0346. The van der Waals surface area contributed by atoms with Gasteiger partial charge in [-0.1, -0.05) is 252 Å². The third kappa shape index (κ3) is 45.5. The molecule has 0 N–H and O–H groups in total. The standard InChI is InChI=1S/C52H100O6/c1-5-7-9-11-13-14-15-16-17-18-19-22-26-29-33-37-41-45-52(55)58-49(46-56-50(53)43-39-35-30-12-10-8-6-2)47-57-51(54)44-40-36-32-28-25-23-20-21-24-27-31-34-38-42-48(3)4/h48-49H,5-47H2,1-4H3/t49-/m0/s1. The summed E-state index contributed by atoms with van der Waals surface area (Å²) in [5.74, 6) is -0.0113. The molecule has 0 aliphatic carbocycles. The van der Waals surface area contributed by atoms with Crippen LogP contribution in [0.1, 0.15) is 291 Å². The molecule has 0 aromatic heterocycles. The van der Waals surface area contributed by atoms with E-state index in [2.05, 4.69) is 27.7 Å². The van der Waals surface area contributed by atoms with Crippen molar-refractivity contribution in [2.24, 2.45) is 5.92 Å². The Morgan fingerprint density at radius 1 is 0.328 bits per heavy atom. The lowest BCUT2D eigenvalue weighted by Gasteiger charge is -2.18. The van der Waals surface area contributed by atoms with Gasteiger partial charge in [0, 0.05) is 19.3 Å². The molecule has 0 aromatic carbocycles. The van der Waals surface area contributed by atoms with Gasteiger partial charge >= 0.3 is 17.9 Å². The van der Waals surface area contributed by atoms with Crippen molar-refractivity contribution in [3.05, 3.63) is 0 Å². The molecule has 6 nitrogen and oxygen atoms in total.